The maximum Gasteiger partial charge on any atom is 0.407 e. The molecule has 2 rings (SSSR count). The smallest absolute Gasteiger partial charge is 0.407 e. The van der Waals surface area contributed by atoms with Gasteiger partial charge in [-0.05, 0) is 37.3 Å². The molecule has 4 heteroatoms. The Morgan fingerprint density at radius 3 is 2.52 bits per heavy atom. The molecule has 1 aliphatic rings. The molecular weight excluding hydrogens is 306 g/mol. The second-order valence-corrected chi connectivity index (χ2v) is 7.87. The fraction of sp³-hybridized carbons (Fsp3) is 0.632. The molecule has 1 aromatic rings. The van der Waals surface area contributed by atoms with E-state index in [0.29, 0.717) is 11.8 Å². The van der Waals surface area contributed by atoms with Crippen LogP contribution in [-0.2, 0) is 12.2 Å². The van der Waals surface area contributed by atoms with Crippen LogP contribution >= 0.6 is 11.8 Å². The number of aryl methyl sites for hydroxylation is 1. The minimum Gasteiger partial charge on any atom is -0.465 e. The number of hydrogen-bond acceptors (Lipinski definition) is 2. The summed E-state index contributed by atoms with van der Waals surface area (Å²) in [6.07, 6.45) is 6.60. The molecule has 1 amide bonds. The van der Waals surface area contributed by atoms with Crippen molar-refractivity contribution in [3.05, 3.63) is 35.4 Å². The molecule has 3 nitrogen and oxygen atoms in total. The molecule has 0 saturated carbocycles. The quantitative estimate of drug-likeness (QED) is 0.665. The molecule has 128 valence electrons. The molecule has 0 aliphatic carbocycles. The average Bonchev–Trinajstić information content (AvgIpc) is 2.92. The molecule has 2 atom stereocenters. The number of carboxylic acid groups (broad SMARTS) is 1. The monoisotopic (exact) mass is 335 g/mol. The van der Waals surface area contributed by atoms with E-state index in [-0.39, 0.29) is 6.04 Å². The second-order valence-electron chi connectivity index (χ2n) is 6.58. The number of thioether (sulfide) groups is 1. The number of likely N-dealkylation sites (tertiary alicyclic amines) is 1. The van der Waals surface area contributed by atoms with Gasteiger partial charge in [0.2, 0.25) is 0 Å². The minimum atomic E-state index is -0.784. The number of nitrogens with zero attached hydrogens (tertiary/aromatic N) is 1. The zero-order valence-electron chi connectivity index (χ0n) is 14.3. The molecule has 0 aromatic heterocycles. The number of benzene rings is 1. The molecule has 23 heavy (non-hydrogen) atoms. The first kappa shape index (κ1) is 18.2. The number of rotatable bonds is 8. The Labute approximate surface area is 144 Å². The van der Waals surface area contributed by atoms with Crippen LogP contribution in [-0.4, -0.2) is 33.9 Å². The van der Waals surface area contributed by atoms with Crippen LogP contribution in [0.25, 0.3) is 0 Å². The summed E-state index contributed by atoms with van der Waals surface area (Å²) in [5.41, 5.74) is 2.77. The lowest BCUT2D eigenvalue weighted by Crippen LogP contribution is -2.32. The lowest BCUT2D eigenvalue weighted by molar-refractivity contribution is 0.143. The first-order valence-corrected chi connectivity index (χ1v) is 9.84. The molecule has 0 spiro atoms. The molecule has 1 aliphatic heterocycles. The van der Waals surface area contributed by atoms with Crippen LogP contribution in [0.5, 0.6) is 0 Å². The standard InChI is InChI=1S/C19H29NO2S/c1-3-4-5-6-7-16-8-10-17(11-9-16)14-23-18-12-15(2)20(13-18)19(21)22/h8-11,15,18H,3-7,12-14H2,1-2H3,(H,21,22)/t15?,18-/m0/s1. The summed E-state index contributed by atoms with van der Waals surface area (Å²) >= 11 is 1.89. The highest BCUT2D eigenvalue weighted by atomic mass is 32.2. The summed E-state index contributed by atoms with van der Waals surface area (Å²) in [4.78, 5) is 12.7. The van der Waals surface area contributed by atoms with Gasteiger partial charge in [-0.3, -0.25) is 0 Å². The van der Waals surface area contributed by atoms with E-state index >= 15 is 0 Å². The van der Waals surface area contributed by atoms with Crippen molar-refractivity contribution in [2.75, 3.05) is 6.54 Å². The van der Waals surface area contributed by atoms with E-state index in [1.807, 2.05) is 18.7 Å². The molecule has 1 fully saturated rings. The van der Waals surface area contributed by atoms with Crippen LogP contribution in [0, 0.1) is 0 Å². The highest BCUT2D eigenvalue weighted by Crippen LogP contribution is 2.29. The number of amides is 1. The maximum absolute atomic E-state index is 11.1. The normalized spacial score (nSPS) is 20.9. The third-order valence-corrected chi connectivity index (χ3v) is 5.92. The molecule has 0 radical (unpaired) electrons. The first-order valence-electron chi connectivity index (χ1n) is 8.79. The van der Waals surface area contributed by atoms with Gasteiger partial charge in [0.05, 0.1) is 0 Å². The Bertz CT molecular complexity index is 489. The van der Waals surface area contributed by atoms with Crippen molar-refractivity contribution in [1.29, 1.82) is 0 Å². The highest BCUT2D eigenvalue weighted by Gasteiger charge is 2.32. The van der Waals surface area contributed by atoms with Crippen LogP contribution in [0.3, 0.4) is 0 Å². The largest absolute Gasteiger partial charge is 0.465 e. The van der Waals surface area contributed by atoms with Gasteiger partial charge in [0.15, 0.2) is 0 Å². The van der Waals surface area contributed by atoms with Gasteiger partial charge >= 0.3 is 6.09 Å². The summed E-state index contributed by atoms with van der Waals surface area (Å²) in [6.45, 7) is 4.91. The van der Waals surface area contributed by atoms with Gasteiger partial charge in [-0.1, -0.05) is 50.5 Å². The van der Waals surface area contributed by atoms with Crippen molar-refractivity contribution in [1.82, 2.24) is 4.90 Å². The predicted molar refractivity (Wildman–Crippen MR) is 98.2 cm³/mol. The molecule has 0 bridgehead atoms. The molecule has 1 aromatic carbocycles. The highest BCUT2D eigenvalue weighted by molar-refractivity contribution is 7.99. The number of hydrogen-bond donors (Lipinski definition) is 1. The molecule has 1 saturated heterocycles. The minimum absolute atomic E-state index is 0.149. The van der Waals surface area contributed by atoms with Crippen LogP contribution in [0.1, 0.15) is 57.1 Å². The first-order chi connectivity index (χ1) is 11.1. The number of carbonyl (C=O) groups is 1. The zero-order valence-corrected chi connectivity index (χ0v) is 15.1. The van der Waals surface area contributed by atoms with Gasteiger partial charge in [-0.25, -0.2) is 4.79 Å². The molecule has 1 N–H and O–H groups in total. The second kappa shape index (κ2) is 9.21. The van der Waals surface area contributed by atoms with Crippen molar-refractivity contribution in [2.45, 2.75) is 69.4 Å². The Balaban J connectivity index is 1.73. The van der Waals surface area contributed by atoms with Crippen molar-refractivity contribution in [3.8, 4) is 0 Å². The molecular formula is C19H29NO2S. The van der Waals surface area contributed by atoms with E-state index in [2.05, 4.69) is 31.2 Å². The van der Waals surface area contributed by atoms with Crippen molar-refractivity contribution in [2.24, 2.45) is 0 Å². The van der Waals surface area contributed by atoms with Crippen molar-refractivity contribution < 1.29 is 9.90 Å². The SMILES string of the molecule is CCCCCCc1ccc(CS[C@H]2CC(C)N(C(=O)O)C2)cc1. The summed E-state index contributed by atoms with van der Waals surface area (Å²) in [5.74, 6) is 0.973. The molecule has 1 heterocycles. The summed E-state index contributed by atoms with van der Waals surface area (Å²) in [7, 11) is 0. The van der Waals surface area contributed by atoms with E-state index in [1.54, 1.807) is 4.90 Å². The summed E-state index contributed by atoms with van der Waals surface area (Å²) < 4.78 is 0. The van der Waals surface area contributed by atoms with E-state index in [9.17, 15) is 4.79 Å². The van der Waals surface area contributed by atoms with E-state index in [4.69, 9.17) is 5.11 Å². The van der Waals surface area contributed by atoms with Gasteiger partial charge in [0.25, 0.3) is 0 Å². The van der Waals surface area contributed by atoms with Crippen LogP contribution in [0.4, 0.5) is 4.79 Å². The summed E-state index contributed by atoms with van der Waals surface area (Å²) in [6, 6.07) is 9.12. The Kier molecular flexibility index (Phi) is 7.28. The van der Waals surface area contributed by atoms with Gasteiger partial charge in [-0.2, -0.15) is 11.8 Å². The lowest BCUT2D eigenvalue weighted by atomic mass is 10.1. The Morgan fingerprint density at radius 1 is 1.22 bits per heavy atom. The molecule has 1 unspecified atom stereocenters. The topological polar surface area (TPSA) is 40.5 Å². The van der Waals surface area contributed by atoms with Gasteiger partial charge in [0, 0.05) is 23.6 Å². The van der Waals surface area contributed by atoms with E-state index in [1.165, 1.54) is 43.2 Å². The Morgan fingerprint density at radius 2 is 1.91 bits per heavy atom. The van der Waals surface area contributed by atoms with Gasteiger partial charge in [-0.15, -0.1) is 0 Å². The van der Waals surface area contributed by atoms with E-state index < -0.39 is 6.09 Å². The van der Waals surface area contributed by atoms with Crippen LogP contribution in [0.15, 0.2) is 24.3 Å². The van der Waals surface area contributed by atoms with Crippen molar-refractivity contribution in [3.63, 3.8) is 0 Å². The van der Waals surface area contributed by atoms with Crippen LogP contribution < -0.4 is 0 Å². The van der Waals surface area contributed by atoms with Crippen LogP contribution in [0.2, 0.25) is 0 Å². The summed E-state index contributed by atoms with van der Waals surface area (Å²) in [5, 5.41) is 9.56. The fourth-order valence-corrected chi connectivity index (χ4v) is 4.44. The van der Waals surface area contributed by atoms with Gasteiger partial charge in [0.1, 0.15) is 0 Å². The lowest BCUT2D eigenvalue weighted by Gasteiger charge is -2.16. The predicted octanol–water partition coefficient (Wildman–Crippen LogP) is 5.18. The zero-order chi connectivity index (χ0) is 16.7. The Hall–Kier alpha value is -1.16. The fourth-order valence-electron chi connectivity index (χ4n) is 3.14. The van der Waals surface area contributed by atoms with Crippen molar-refractivity contribution >= 4 is 17.9 Å². The van der Waals surface area contributed by atoms with E-state index in [0.717, 1.165) is 12.2 Å². The maximum atomic E-state index is 11.1. The van der Waals surface area contributed by atoms with Gasteiger partial charge < -0.3 is 10.0 Å². The number of unbranched alkanes of at least 4 members (excludes halogenated alkanes) is 3. The third kappa shape index (κ3) is 5.76. The average molecular weight is 336 g/mol. The third-order valence-electron chi connectivity index (χ3n) is 4.61.